The number of amidine groups is 1. The molecule has 0 atom stereocenters. The predicted molar refractivity (Wildman–Crippen MR) is 115 cm³/mol. The molecule has 1 N–H and O–H groups in total. The summed E-state index contributed by atoms with van der Waals surface area (Å²) in [5.74, 6) is 1.10. The van der Waals surface area contributed by atoms with Crippen molar-refractivity contribution in [1.82, 2.24) is 5.43 Å². The number of rotatable bonds is 6. The highest BCUT2D eigenvalue weighted by atomic mass is 19.1. The van der Waals surface area contributed by atoms with E-state index in [9.17, 15) is 4.39 Å². The van der Waals surface area contributed by atoms with Gasteiger partial charge in [-0.15, -0.1) is 0 Å². The van der Waals surface area contributed by atoms with Crippen LogP contribution in [0.15, 0.2) is 82.9 Å². The minimum Gasteiger partial charge on any atom is -0.494 e. The van der Waals surface area contributed by atoms with Gasteiger partial charge in [-0.1, -0.05) is 43.7 Å². The molecule has 0 aliphatic carbocycles. The minimum absolute atomic E-state index is 0.325. The molecule has 3 aromatic carbocycles. The van der Waals surface area contributed by atoms with E-state index in [0.29, 0.717) is 29.4 Å². The van der Waals surface area contributed by atoms with Crippen LogP contribution in [0, 0.1) is 5.82 Å². The van der Waals surface area contributed by atoms with Gasteiger partial charge >= 0.3 is 0 Å². The smallest absolute Gasteiger partial charge is 0.154 e. The Kier molecular flexibility index (Phi) is 5.66. The maximum atomic E-state index is 14.0. The van der Waals surface area contributed by atoms with E-state index >= 15 is 0 Å². The van der Waals surface area contributed by atoms with Gasteiger partial charge in [-0.05, 0) is 48.9 Å². The van der Waals surface area contributed by atoms with Crippen LogP contribution in [-0.4, -0.2) is 18.2 Å². The molecule has 0 unspecified atom stereocenters. The molecule has 0 spiro atoms. The monoisotopic (exact) mass is 387 g/mol. The molecule has 4 nitrogen and oxygen atoms in total. The molecule has 1 heterocycles. The summed E-state index contributed by atoms with van der Waals surface area (Å²) in [4.78, 5) is 4.69. The minimum atomic E-state index is -0.325. The fraction of sp³-hybridized carbons (Fsp3) is 0.167. The van der Waals surface area contributed by atoms with Gasteiger partial charge in [-0.3, -0.25) is 5.43 Å². The summed E-state index contributed by atoms with van der Waals surface area (Å²) >= 11 is 0. The van der Waals surface area contributed by atoms with Gasteiger partial charge < -0.3 is 4.74 Å². The molecule has 0 amide bonds. The molecule has 0 saturated heterocycles. The molecule has 0 aromatic heterocycles. The first-order valence-electron chi connectivity index (χ1n) is 9.75. The largest absolute Gasteiger partial charge is 0.494 e. The number of benzene rings is 3. The molecule has 3 aromatic rings. The number of ether oxygens (including phenoxy) is 1. The molecule has 146 valence electrons. The van der Waals surface area contributed by atoms with Crippen LogP contribution < -0.4 is 10.2 Å². The summed E-state index contributed by atoms with van der Waals surface area (Å²) in [7, 11) is 0. The highest BCUT2D eigenvalue weighted by Crippen LogP contribution is 2.27. The number of nitrogens with zero attached hydrogens (tertiary/aromatic N) is 2. The van der Waals surface area contributed by atoms with Crippen LogP contribution in [0.3, 0.4) is 0 Å². The van der Waals surface area contributed by atoms with E-state index in [2.05, 4.69) is 17.5 Å². The fourth-order valence-corrected chi connectivity index (χ4v) is 3.10. The van der Waals surface area contributed by atoms with Crippen molar-refractivity contribution in [3.63, 3.8) is 0 Å². The van der Waals surface area contributed by atoms with Gasteiger partial charge in [0, 0.05) is 16.7 Å². The zero-order chi connectivity index (χ0) is 20.1. The van der Waals surface area contributed by atoms with Gasteiger partial charge in [0.2, 0.25) is 0 Å². The average molecular weight is 387 g/mol. The molecule has 1 aliphatic rings. The Bertz CT molecular complexity index is 1040. The first-order chi connectivity index (χ1) is 14.2. The molecule has 29 heavy (non-hydrogen) atoms. The topological polar surface area (TPSA) is 46.0 Å². The van der Waals surface area contributed by atoms with Crippen LogP contribution in [0.5, 0.6) is 5.75 Å². The summed E-state index contributed by atoms with van der Waals surface area (Å²) in [6, 6.07) is 22.0. The molecule has 5 heteroatoms. The second-order valence-corrected chi connectivity index (χ2v) is 6.79. The Labute approximate surface area is 169 Å². The lowest BCUT2D eigenvalue weighted by Gasteiger charge is -2.10. The standard InChI is InChI=1S/C24H22FN3O/c1-2-3-15-29-20-12-9-17(10-13-20)23-21-16-19(25)11-14-22(21)26-24(28-27-23)18-7-5-4-6-8-18/h4-14,16H,2-3,15H2,1H3,(H,26,28). The molecule has 0 saturated carbocycles. The van der Waals surface area contributed by atoms with E-state index in [0.717, 1.165) is 29.7 Å². The molecular formula is C24H22FN3O. The Morgan fingerprint density at radius 2 is 1.72 bits per heavy atom. The maximum Gasteiger partial charge on any atom is 0.154 e. The van der Waals surface area contributed by atoms with E-state index in [1.54, 1.807) is 6.07 Å². The Morgan fingerprint density at radius 1 is 0.931 bits per heavy atom. The third kappa shape index (κ3) is 4.35. The normalized spacial score (nSPS) is 12.9. The van der Waals surface area contributed by atoms with Gasteiger partial charge in [-0.25, -0.2) is 9.38 Å². The predicted octanol–water partition coefficient (Wildman–Crippen LogP) is 5.44. The first kappa shape index (κ1) is 18.9. The average Bonchev–Trinajstić information content (AvgIpc) is 2.95. The first-order valence-corrected chi connectivity index (χ1v) is 9.75. The number of unbranched alkanes of at least 4 members (excludes halogenated alkanes) is 1. The number of aliphatic imine (C=N–C) groups is 1. The summed E-state index contributed by atoms with van der Waals surface area (Å²) in [5, 5.41) is 4.57. The number of fused-ring (bicyclic) bond motifs is 1. The van der Waals surface area contributed by atoms with Crippen molar-refractivity contribution in [1.29, 1.82) is 0 Å². The maximum absolute atomic E-state index is 14.0. The van der Waals surface area contributed by atoms with E-state index < -0.39 is 0 Å². The number of hydrogen-bond acceptors (Lipinski definition) is 4. The summed E-state index contributed by atoms with van der Waals surface area (Å²) in [6.45, 7) is 2.83. The van der Waals surface area contributed by atoms with Crippen LogP contribution in [0.4, 0.5) is 10.1 Å². The third-order valence-corrected chi connectivity index (χ3v) is 4.66. The lowest BCUT2D eigenvalue weighted by Crippen LogP contribution is -2.19. The van der Waals surface area contributed by atoms with Crippen LogP contribution in [0.2, 0.25) is 0 Å². The van der Waals surface area contributed by atoms with Crippen molar-refractivity contribution < 1.29 is 9.13 Å². The Hall–Kier alpha value is -3.47. The van der Waals surface area contributed by atoms with Gasteiger partial charge in [0.1, 0.15) is 17.3 Å². The highest BCUT2D eigenvalue weighted by molar-refractivity contribution is 6.18. The molecule has 0 bridgehead atoms. The highest BCUT2D eigenvalue weighted by Gasteiger charge is 2.18. The molecule has 0 fully saturated rings. The zero-order valence-corrected chi connectivity index (χ0v) is 16.2. The van der Waals surface area contributed by atoms with Crippen molar-refractivity contribution in [3.05, 3.63) is 95.3 Å². The van der Waals surface area contributed by atoms with E-state index in [1.807, 2.05) is 54.6 Å². The lowest BCUT2D eigenvalue weighted by atomic mass is 10.0. The van der Waals surface area contributed by atoms with Crippen molar-refractivity contribution in [2.75, 3.05) is 6.61 Å². The number of halogens is 1. The van der Waals surface area contributed by atoms with Crippen molar-refractivity contribution in [2.24, 2.45) is 10.1 Å². The van der Waals surface area contributed by atoms with Crippen LogP contribution in [-0.2, 0) is 0 Å². The van der Waals surface area contributed by atoms with Gasteiger partial charge in [-0.2, -0.15) is 5.10 Å². The van der Waals surface area contributed by atoms with E-state index in [4.69, 9.17) is 9.73 Å². The van der Waals surface area contributed by atoms with Gasteiger partial charge in [0.15, 0.2) is 5.84 Å². The Balaban J connectivity index is 1.70. The van der Waals surface area contributed by atoms with E-state index in [1.165, 1.54) is 12.1 Å². The zero-order valence-electron chi connectivity index (χ0n) is 16.2. The summed E-state index contributed by atoms with van der Waals surface area (Å²) in [5.41, 5.74) is 6.76. The van der Waals surface area contributed by atoms with Crippen LogP contribution in [0.25, 0.3) is 0 Å². The van der Waals surface area contributed by atoms with Crippen molar-refractivity contribution in [2.45, 2.75) is 19.8 Å². The number of hydrazone groups is 1. The van der Waals surface area contributed by atoms with Crippen molar-refractivity contribution in [3.8, 4) is 5.75 Å². The second kappa shape index (κ2) is 8.69. The van der Waals surface area contributed by atoms with Gasteiger partial charge in [0.25, 0.3) is 0 Å². The number of nitrogens with one attached hydrogen (secondary N) is 1. The summed E-state index contributed by atoms with van der Waals surface area (Å²) < 4.78 is 19.8. The molecule has 4 rings (SSSR count). The molecular weight excluding hydrogens is 365 g/mol. The van der Waals surface area contributed by atoms with Gasteiger partial charge in [0.05, 0.1) is 12.3 Å². The van der Waals surface area contributed by atoms with Crippen molar-refractivity contribution >= 4 is 17.2 Å². The fourth-order valence-electron chi connectivity index (χ4n) is 3.10. The SMILES string of the molecule is CCCCOc1ccc(C2=NNC(c3ccccc3)=Nc3ccc(F)cc32)cc1. The second-order valence-electron chi connectivity index (χ2n) is 6.79. The molecule has 1 aliphatic heterocycles. The Morgan fingerprint density at radius 3 is 2.48 bits per heavy atom. The summed E-state index contributed by atoms with van der Waals surface area (Å²) in [6.07, 6.45) is 2.11. The van der Waals surface area contributed by atoms with E-state index in [-0.39, 0.29) is 5.82 Å². The van der Waals surface area contributed by atoms with Crippen LogP contribution in [0.1, 0.15) is 36.5 Å². The van der Waals surface area contributed by atoms with Crippen LogP contribution >= 0.6 is 0 Å². The number of hydrogen-bond donors (Lipinski definition) is 1. The molecule has 0 radical (unpaired) electrons. The lowest BCUT2D eigenvalue weighted by molar-refractivity contribution is 0.309. The quantitative estimate of drug-likeness (QED) is 0.573. The third-order valence-electron chi connectivity index (χ3n) is 4.66.